The summed E-state index contributed by atoms with van der Waals surface area (Å²) < 4.78 is 2.43. The fourth-order valence-electron chi connectivity index (χ4n) is 4.89. The van der Waals surface area contributed by atoms with E-state index >= 15 is 0 Å². The molecule has 0 amide bonds. The van der Waals surface area contributed by atoms with Gasteiger partial charge in [0, 0.05) is 30.3 Å². The van der Waals surface area contributed by atoms with Gasteiger partial charge >= 0.3 is 0 Å². The number of aryl methyl sites for hydroxylation is 1. The van der Waals surface area contributed by atoms with Crippen molar-refractivity contribution < 1.29 is 0 Å². The van der Waals surface area contributed by atoms with Crippen molar-refractivity contribution in [2.24, 2.45) is 0 Å². The number of nitrogens with one attached hydrogen (secondary N) is 1. The third kappa shape index (κ3) is 3.63. The molecule has 1 saturated carbocycles. The highest BCUT2D eigenvalue weighted by molar-refractivity contribution is 7.80. The van der Waals surface area contributed by atoms with E-state index in [0.29, 0.717) is 6.04 Å². The molecule has 0 bridgehead atoms. The largest absolute Gasteiger partial charge is 0.351 e. The molecule has 2 aromatic heterocycles. The topological polar surface area (TPSA) is 33.1 Å². The average molecular weight is 417 g/mol. The average Bonchev–Trinajstić information content (AvgIpc) is 3.40. The van der Waals surface area contributed by atoms with Gasteiger partial charge in [0.15, 0.2) is 5.11 Å². The maximum Gasteiger partial charge on any atom is 0.174 e. The van der Waals surface area contributed by atoms with Gasteiger partial charge in [-0.15, -0.1) is 0 Å². The maximum absolute atomic E-state index is 5.82. The monoisotopic (exact) mass is 416 g/mol. The van der Waals surface area contributed by atoms with E-state index in [1.54, 1.807) is 0 Å². The molecule has 2 atom stereocenters. The van der Waals surface area contributed by atoms with E-state index in [-0.39, 0.29) is 12.1 Å². The molecule has 1 aliphatic carbocycles. The van der Waals surface area contributed by atoms with Gasteiger partial charge < -0.3 is 14.8 Å². The Hall–Kier alpha value is -2.66. The van der Waals surface area contributed by atoms with E-state index in [0.717, 1.165) is 16.5 Å². The molecule has 3 aromatic rings. The van der Waals surface area contributed by atoms with Crippen molar-refractivity contribution in [2.45, 2.75) is 57.2 Å². The van der Waals surface area contributed by atoms with E-state index in [2.05, 4.69) is 75.5 Å². The maximum atomic E-state index is 5.82. The number of thiocarbonyl (C=S) groups is 1. The molecule has 1 aliphatic heterocycles. The zero-order valence-corrected chi connectivity index (χ0v) is 18.2. The van der Waals surface area contributed by atoms with Crippen LogP contribution in [-0.2, 0) is 0 Å². The standard InChI is InChI=1S/C25H28N4S/c1-18-10-12-21(13-11-18)29-24(23(27-25(29)30)22-9-5-6-15-26-22)19-14-16-28(17-19)20-7-3-2-4-8-20/h5-6,9-17,20,23-24H,2-4,7-8H2,1H3,(H,27,30)/t23-,24+/m1/s1. The summed E-state index contributed by atoms with van der Waals surface area (Å²) >= 11 is 5.82. The Bertz CT molecular complexity index is 1010. The number of nitrogens with zero attached hydrogens (tertiary/aromatic N) is 3. The van der Waals surface area contributed by atoms with Gasteiger partial charge in [-0.2, -0.15) is 0 Å². The number of hydrogen-bond donors (Lipinski definition) is 1. The number of rotatable bonds is 4. The van der Waals surface area contributed by atoms with Crippen molar-refractivity contribution >= 4 is 23.0 Å². The second-order valence-electron chi connectivity index (χ2n) is 8.52. The number of pyridine rings is 1. The Morgan fingerprint density at radius 3 is 2.53 bits per heavy atom. The molecule has 5 heteroatoms. The SMILES string of the molecule is Cc1ccc(N2C(=S)N[C@H](c3ccccn3)[C@@H]2c2ccn(C3CCCCC3)c2)cc1. The van der Waals surface area contributed by atoms with Crippen LogP contribution in [0.15, 0.2) is 67.1 Å². The lowest BCUT2D eigenvalue weighted by molar-refractivity contribution is 0.353. The van der Waals surface area contributed by atoms with Gasteiger partial charge in [-0.3, -0.25) is 4.98 Å². The molecule has 0 radical (unpaired) electrons. The van der Waals surface area contributed by atoms with Gasteiger partial charge in [-0.05, 0) is 67.9 Å². The van der Waals surface area contributed by atoms with E-state index in [4.69, 9.17) is 12.2 Å². The van der Waals surface area contributed by atoms with Crippen LogP contribution < -0.4 is 10.2 Å². The fraction of sp³-hybridized carbons (Fsp3) is 0.360. The fourth-order valence-corrected chi connectivity index (χ4v) is 5.23. The summed E-state index contributed by atoms with van der Waals surface area (Å²) in [5.41, 5.74) is 4.67. The summed E-state index contributed by atoms with van der Waals surface area (Å²) in [5.74, 6) is 0. The predicted octanol–water partition coefficient (Wildman–Crippen LogP) is 5.87. The van der Waals surface area contributed by atoms with Crippen LogP contribution in [0, 0.1) is 6.92 Å². The van der Waals surface area contributed by atoms with Gasteiger partial charge in [0.1, 0.15) is 0 Å². The molecular weight excluding hydrogens is 388 g/mol. The Kier molecular flexibility index (Phi) is 5.30. The molecule has 0 unspecified atom stereocenters. The number of hydrogen-bond acceptors (Lipinski definition) is 2. The third-order valence-corrected chi connectivity index (χ3v) is 6.80. The second kappa shape index (κ2) is 8.23. The summed E-state index contributed by atoms with van der Waals surface area (Å²) in [6, 6.07) is 17.7. The molecule has 154 valence electrons. The summed E-state index contributed by atoms with van der Waals surface area (Å²) in [7, 11) is 0. The Balaban J connectivity index is 1.54. The number of benzene rings is 1. The first-order chi connectivity index (χ1) is 14.7. The van der Waals surface area contributed by atoms with Crippen molar-refractivity contribution in [3.63, 3.8) is 0 Å². The zero-order chi connectivity index (χ0) is 20.5. The molecule has 2 fully saturated rings. The summed E-state index contributed by atoms with van der Waals surface area (Å²) in [6.07, 6.45) is 13.1. The smallest absolute Gasteiger partial charge is 0.174 e. The van der Waals surface area contributed by atoms with E-state index < -0.39 is 0 Å². The Labute approximate surface area is 183 Å². The van der Waals surface area contributed by atoms with Crippen LogP contribution in [0.1, 0.15) is 67.1 Å². The first kappa shape index (κ1) is 19.3. The van der Waals surface area contributed by atoms with Crippen molar-refractivity contribution in [3.8, 4) is 0 Å². The molecular formula is C25H28N4S. The van der Waals surface area contributed by atoms with Crippen LogP contribution in [0.4, 0.5) is 5.69 Å². The number of anilines is 1. The quantitative estimate of drug-likeness (QED) is 0.539. The second-order valence-corrected chi connectivity index (χ2v) is 8.90. The van der Waals surface area contributed by atoms with Crippen LogP contribution in [0.3, 0.4) is 0 Å². The molecule has 30 heavy (non-hydrogen) atoms. The molecule has 1 saturated heterocycles. The summed E-state index contributed by atoms with van der Waals surface area (Å²) in [6.45, 7) is 2.11. The molecule has 1 N–H and O–H groups in total. The molecule has 2 aliphatic rings. The van der Waals surface area contributed by atoms with E-state index in [1.807, 2.05) is 18.3 Å². The van der Waals surface area contributed by atoms with E-state index in [9.17, 15) is 0 Å². The Morgan fingerprint density at radius 1 is 1.00 bits per heavy atom. The summed E-state index contributed by atoms with van der Waals surface area (Å²) in [4.78, 5) is 6.91. The van der Waals surface area contributed by atoms with Crippen LogP contribution in [0.2, 0.25) is 0 Å². The van der Waals surface area contributed by atoms with Gasteiger partial charge in [0.2, 0.25) is 0 Å². The van der Waals surface area contributed by atoms with Crippen molar-refractivity contribution in [3.05, 3.63) is 83.9 Å². The summed E-state index contributed by atoms with van der Waals surface area (Å²) in [5, 5.41) is 4.31. The lowest BCUT2D eigenvalue weighted by Crippen LogP contribution is -2.29. The first-order valence-electron chi connectivity index (χ1n) is 11.0. The minimum absolute atomic E-state index is 0.0159. The third-order valence-electron chi connectivity index (χ3n) is 6.49. The van der Waals surface area contributed by atoms with Crippen LogP contribution >= 0.6 is 12.2 Å². The van der Waals surface area contributed by atoms with Gasteiger partial charge in [0.25, 0.3) is 0 Å². The van der Waals surface area contributed by atoms with Crippen molar-refractivity contribution in [1.82, 2.24) is 14.9 Å². The highest BCUT2D eigenvalue weighted by Crippen LogP contribution is 2.42. The van der Waals surface area contributed by atoms with Gasteiger partial charge in [-0.1, -0.05) is 43.0 Å². The number of aromatic nitrogens is 2. The first-order valence-corrected chi connectivity index (χ1v) is 11.4. The van der Waals surface area contributed by atoms with Crippen LogP contribution in [0.25, 0.3) is 0 Å². The lowest BCUT2D eigenvalue weighted by Gasteiger charge is -2.28. The minimum atomic E-state index is 0.0159. The van der Waals surface area contributed by atoms with Crippen molar-refractivity contribution in [2.75, 3.05) is 4.90 Å². The molecule has 5 rings (SSSR count). The van der Waals surface area contributed by atoms with Crippen LogP contribution in [-0.4, -0.2) is 14.7 Å². The lowest BCUT2D eigenvalue weighted by atomic mass is 9.95. The van der Waals surface area contributed by atoms with Gasteiger partial charge in [-0.25, -0.2) is 0 Å². The highest BCUT2D eigenvalue weighted by atomic mass is 32.1. The molecule has 3 heterocycles. The van der Waals surface area contributed by atoms with Crippen molar-refractivity contribution in [1.29, 1.82) is 0 Å². The molecule has 1 aromatic carbocycles. The molecule has 4 nitrogen and oxygen atoms in total. The highest BCUT2D eigenvalue weighted by Gasteiger charge is 2.41. The van der Waals surface area contributed by atoms with E-state index in [1.165, 1.54) is 43.2 Å². The Morgan fingerprint density at radius 2 is 1.80 bits per heavy atom. The molecule has 0 spiro atoms. The minimum Gasteiger partial charge on any atom is -0.351 e. The normalized spacial score (nSPS) is 22.3. The zero-order valence-electron chi connectivity index (χ0n) is 17.4. The predicted molar refractivity (Wildman–Crippen MR) is 126 cm³/mol. The van der Waals surface area contributed by atoms with Gasteiger partial charge in [0.05, 0.1) is 17.8 Å². The van der Waals surface area contributed by atoms with Crippen LogP contribution in [0.5, 0.6) is 0 Å².